The highest BCUT2D eigenvalue weighted by molar-refractivity contribution is 5.83. The average Bonchev–Trinajstić information content (AvgIpc) is 1.80. The molecule has 0 amide bonds. The van der Waals surface area contributed by atoms with Gasteiger partial charge in [0, 0.05) is 142 Å². The van der Waals surface area contributed by atoms with E-state index in [2.05, 4.69) is 289 Å². The standard InChI is InChI=1S/4C16H17N.2C14H14N2.C13H12N2/c1-9-5-13-8-16-15(14(13)6-10(9)2)7-11(3)12(4)17-16;1-9-5-11(3)13-8-16-15(14(13)6-9)7-10(2)12(4)17-16;1-9-5-6-13-14(11(9)3)8-16-15(13)7-10(2)12(4)17-16;1-9-5-6-10(2)16-13(9)8-15-14(16)7-11(3)12(4)17-15;1-8-4-5-15-12-7-11-6-9(2)10(3)16-14(11)13(8)12;1-8-9(2)12-7-13-11(5-4-6-15-13)14(12)16-10(8)3;1-8-6-10-7-12-11(4-3-5-14-12)13(10)15-9(8)2/h4*5-7H,8H2,1-4H3;2*4-6H,7H2,1-3H3;3-6H,7H2,1-2H3. The van der Waals surface area contributed by atoms with Crippen molar-refractivity contribution in [1.82, 2.24) is 49.8 Å². The average molecular weight is 1510 g/mol. The van der Waals surface area contributed by atoms with Crippen LogP contribution in [0.2, 0.25) is 0 Å². The fraction of sp³-hybridized carbons (Fsp3) is 0.295. The summed E-state index contributed by atoms with van der Waals surface area (Å²) in [5.74, 6) is 0. The van der Waals surface area contributed by atoms with Crippen molar-refractivity contribution in [3.63, 3.8) is 0 Å². The first-order valence-corrected chi connectivity index (χ1v) is 40.9. The van der Waals surface area contributed by atoms with Gasteiger partial charge < -0.3 is 0 Å². The molecule has 0 saturated heterocycles. The Balaban J connectivity index is 0.000000106. The summed E-state index contributed by atoms with van der Waals surface area (Å²) >= 11 is 0. The maximum Gasteiger partial charge on any atom is 0.0762 e. The van der Waals surface area contributed by atoms with Crippen molar-refractivity contribution in [2.45, 2.75) is 211 Å². The van der Waals surface area contributed by atoms with Gasteiger partial charge >= 0.3 is 0 Å². The van der Waals surface area contributed by atoms with Crippen molar-refractivity contribution in [1.29, 1.82) is 0 Å². The van der Waals surface area contributed by atoms with Crippen molar-refractivity contribution in [3.05, 3.63) is 347 Å². The quantitative estimate of drug-likeness (QED) is 0.145. The lowest BCUT2D eigenvalue weighted by Crippen LogP contribution is -1.97. The van der Waals surface area contributed by atoms with Crippen molar-refractivity contribution < 1.29 is 0 Å². The van der Waals surface area contributed by atoms with Gasteiger partial charge in [0.1, 0.15) is 0 Å². The lowest BCUT2D eigenvalue weighted by atomic mass is 9.97. The molecule has 578 valence electrons. The molecule has 10 nitrogen and oxygen atoms in total. The molecule has 10 aromatic heterocycles. The second-order valence-corrected chi connectivity index (χ2v) is 33.6. The number of aryl methyl sites for hydroxylation is 21. The first kappa shape index (κ1) is 78.6. The highest BCUT2D eigenvalue weighted by atomic mass is 14.8. The van der Waals surface area contributed by atoms with Gasteiger partial charge in [0.15, 0.2) is 0 Å². The summed E-state index contributed by atoms with van der Waals surface area (Å²) < 4.78 is 0. The van der Waals surface area contributed by atoms with Crippen molar-refractivity contribution >= 4 is 0 Å². The SMILES string of the molecule is Cc1cc(C)c2c(c1)-c1cc(C)c(C)nc1C2.Cc1cc2c(cc1C)-c1cc(C)c(C)nc1C2.Cc1cc2c(nc1C)-c1c(C)ccnc1C2.Cc1cc2c(nc1C)-c1cccnc1C2.Cc1cc2c(nc1C)Cc1c(C)ccc(C)c1-2.Cc1cc2c(nc1C)Cc1c-2ccc(C)c1C.Cc1nc2c(c(C)c1C)Cc1ncccc1-2. The van der Waals surface area contributed by atoms with Crippen molar-refractivity contribution in [2.24, 2.45) is 0 Å². The lowest BCUT2D eigenvalue weighted by molar-refractivity contribution is 1.04. The second-order valence-electron chi connectivity index (χ2n) is 33.6. The first-order valence-electron chi connectivity index (χ1n) is 40.9. The zero-order valence-corrected chi connectivity index (χ0v) is 72.1. The molecular weight excluding hydrogens is 1400 g/mol. The summed E-state index contributed by atoms with van der Waals surface area (Å²) in [7, 11) is 0. The number of hydrogen-bond donors (Lipinski definition) is 0. The van der Waals surface area contributed by atoms with E-state index in [9.17, 15) is 0 Å². The van der Waals surface area contributed by atoms with Crippen LogP contribution in [0.3, 0.4) is 0 Å². The minimum absolute atomic E-state index is 0.930. The molecule has 4 aromatic carbocycles. The Morgan fingerprint density at radius 1 is 0.200 bits per heavy atom. The molecule has 7 aliphatic carbocycles. The Hall–Kier alpha value is -11.6. The van der Waals surface area contributed by atoms with Crippen LogP contribution in [0.5, 0.6) is 0 Å². The van der Waals surface area contributed by atoms with E-state index in [0.29, 0.717) is 0 Å². The number of nitrogens with zero attached hydrogens (tertiary/aromatic N) is 10. The molecule has 0 saturated carbocycles. The number of fused-ring (bicyclic) bond motifs is 21. The van der Waals surface area contributed by atoms with Gasteiger partial charge in [-0.15, -0.1) is 0 Å². The van der Waals surface area contributed by atoms with Crippen LogP contribution >= 0.6 is 0 Å². The maximum absolute atomic E-state index is 4.75. The molecule has 21 rings (SSSR count). The Labute approximate surface area is 682 Å². The fourth-order valence-electron chi connectivity index (χ4n) is 17.6. The van der Waals surface area contributed by atoms with Crippen LogP contribution in [0.1, 0.15) is 213 Å². The third-order valence-corrected chi connectivity index (χ3v) is 25.7. The Kier molecular flexibility index (Phi) is 21.4. The van der Waals surface area contributed by atoms with E-state index in [4.69, 9.17) is 29.9 Å². The molecule has 10 heteroatoms. The number of rotatable bonds is 0. The summed E-state index contributed by atoms with van der Waals surface area (Å²) in [6.45, 7) is 51.4. The lowest BCUT2D eigenvalue weighted by Gasteiger charge is -2.09. The minimum atomic E-state index is 0.930. The number of benzene rings is 4. The van der Waals surface area contributed by atoms with Crippen molar-refractivity contribution in [2.75, 3.05) is 0 Å². The maximum atomic E-state index is 4.75. The fourth-order valence-corrected chi connectivity index (χ4v) is 17.6. The van der Waals surface area contributed by atoms with E-state index in [0.717, 1.165) is 113 Å². The van der Waals surface area contributed by atoms with E-state index in [-0.39, 0.29) is 0 Å². The molecular formula is C105H108N10. The number of pyridine rings is 10. The van der Waals surface area contributed by atoms with Crippen LogP contribution in [0.25, 0.3) is 78.3 Å². The van der Waals surface area contributed by atoms with Crippen LogP contribution in [0, 0.1) is 166 Å². The number of hydrogen-bond acceptors (Lipinski definition) is 10. The van der Waals surface area contributed by atoms with Crippen LogP contribution < -0.4 is 0 Å². The molecule has 0 bridgehead atoms. The molecule has 7 aliphatic rings. The van der Waals surface area contributed by atoms with Crippen LogP contribution in [0.15, 0.2) is 134 Å². The predicted molar refractivity (Wildman–Crippen MR) is 474 cm³/mol. The van der Waals surface area contributed by atoms with Gasteiger partial charge in [-0.05, 0) is 371 Å². The largest absolute Gasteiger partial charge is 0.260 e. The van der Waals surface area contributed by atoms with E-state index in [1.54, 1.807) is 0 Å². The summed E-state index contributed by atoms with van der Waals surface area (Å²) in [5.41, 5.74) is 67.1. The smallest absolute Gasteiger partial charge is 0.0762 e. The highest BCUT2D eigenvalue weighted by Crippen LogP contribution is 2.45. The zero-order valence-electron chi connectivity index (χ0n) is 72.1. The normalized spacial score (nSPS) is 12.5. The number of aromatic nitrogens is 10. The molecule has 10 heterocycles. The monoisotopic (exact) mass is 1510 g/mol. The molecule has 0 atom stereocenters. The van der Waals surface area contributed by atoms with Gasteiger partial charge in [-0.3, -0.25) is 49.8 Å². The predicted octanol–water partition coefficient (Wildman–Crippen LogP) is 24.2. The first-order chi connectivity index (χ1) is 54.9. The molecule has 115 heavy (non-hydrogen) atoms. The molecule has 0 fully saturated rings. The van der Waals surface area contributed by atoms with Crippen LogP contribution in [-0.4, -0.2) is 49.8 Å². The van der Waals surface area contributed by atoms with E-state index in [1.165, 1.54) is 223 Å². The molecule has 0 N–H and O–H groups in total. The highest BCUT2D eigenvalue weighted by Gasteiger charge is 2.30. The summed E-state index contributed by atoms with van der Waals surface area (Å²) in [6, 6.07) is 42.0. The molecule has 0 unspecified atom stereocenters. The van der Waals surface area contributed by atoms with E-state index < -0.39 is 0 Å². The van der Waals surface area contributed by atoms with Crippen molar-refractivity contribution in [3.8, 4) is 78.3 Å². The second kappa shape index (κ2) is 31.3. The third kappa shape index (κ3) is 15.0. The van der Waals surface area contributed by atoms with Gasteiger partial charge in [-0.25, -0.2) is 0 Å². The zero-order chi connectivity index (χ0) is 81.6. The van der Waals surface area contributed by atoms with Gasteiger partial charge in [-0.1, -0.05) is 66.2 Å². The van der Waals surface area contributed by atoms with Gasteiger partial charge in [0.2, 0.25) is 0 Å². The van der Waals surface area contributed by atoms with E-state index in [1.807, 2.05) is 30.7 Å². The topological polar surface area (TPSA) is 129 Å². The van der Waals surface area contributed by atoms with E-state index >= 15 is 0 Å². The van der Waals surface area contributed by atoms with Gasteiger partial charge in [-0.2, -0.15) is 0 Å². The Morgan fingerprint density at radius 3 is 1.24 bits per heavy atom. The summed E-state index contributed by atoms with van der Waals surface area (Å²) in [4.78, 5) is 46.3. The summed E-state index contributed by atoms with van der Waals surface area (Å²) in [5, 5.41) is 0. The van der Waals surface area contributed by atoms with Crippen LogP contribution in [-0.2, 0) is 44.9 Å². The molecule has 14 aromatic rings. The Bertz CT molecular complexity index is 6290. The molecule has 0 aliphatic heterocycles. The Morgan fingerprint density at radius 2 is 0.617 bits per heavy atom. The van der Waals surface area contributed by atoms with Gasteiger partial charge in [0.05, 0.1) is 56.9 Å². The molecule has 0 spiro atoms. The van der Waals surface area contributed by atoms with Crippen LogP contribution in [0.4, 0.5) is 0 Å². The summed E-state index contributed by atoms with van der Waals surface area (Å²) in [6.07, 6.45) is 12.4. The van der Waals surface area contributed by atoms with Gasteiger partial charge in [0.25, 0.3) is 0 Å². The third-order valence-electron chi connectivity index (χ3n) is 25.7. The molecule has 0 radical (unpaired) electrons. The minimum Gasteiger partial charge on any atom is -0.260 e.